The number of amides is 2. The van der Waals surface area contributed by atoms with Gasteiger partial charge >= 0.3 is 0 Å². The van der Waals surface area contributed by atoms with E-state index in [1.165, 1.54) is 11.0 Å². The Labute approximate surface area is 196 Å². The third kappa shape index (κ3) is 4.36. The van der Waals surface area contributed by atoms with Crippen LogP contribution in [0.25, 0.3) is 5.69 Å². The number of rotatable bonds is 3. The monoisotopic (exact) mass is 471 g/mol. The predicted molar refractivity (Wildman–Crippen MR) is 124 cm³/mol. The van der Waals surface area contributed by atoms with E-state index in [4.69, 9.17) is 23.2 Å². The van der Waals surface area contributed by atoms with Crippen LogP contribution >= 0.6 is 23.2 Å². The molecule has 2 heterocycles. The molecule has 1 fully saturated rings. The summed E-state index contributed by atoms with van der Waals surface area (Å²) in [5.74, 6) is -0.278. The quantitative estimate of drug-likeness (QED) is 0.571. The van der Waals surface area contributed by atoms with Gasteiger partial charge in [-0.2, -0.15) is 0 Å². The molecule has 7 nitrogen and oxygen atoms in total. The number of aryl methyl sites for hydroxylation is 1. The molecule has 0 saturated carbocycles. The minimum atomic E-state index is -0.596. The van der Waals surface area contributed by atoms with Gasteiger partial charge in [-0.05, 0) is 56.7 Å². The van der Waals surface area contributed by atoms with Crippen molar-refractivity contribution in [2.45, 2.75) is 26.3 Å². The molecule has 0 unspecified atom stereocenters. The Bertz CT molecular complexity index is 1190. The second kappa shape index (κ2) is 8.56. The molecule has 0 bridgehead atoms. The summed E-state index contributed by atoms with van der Waals surface area (Å²) in [5, 5.41) is 5.47. The predicted octanol–water partition coefficient (Wildman–Crippen LogP) is 4.26. The van der Waals surface area contributed by atoms with Crippen LogP contribution in [-0.4, -0.2) is 61.6 Å². The van der Waals surface area contributed by atoms with Crippen LogP contribution in [0.4, 0.5) is 0 Å². The number of aromatic nitrogens is 3. The highest BCUT2D eigenvalue weighted by molar-refractivity contribution is 6.31. The summed E-state index contributed by atoms with van der Waals surface area (Å²) in [7, 11) is 0. The molecular formula is C23H23Cl2N5O2. The first-order valence-corrected chi connectivity index (χ1v) is 11.0. The summed E-state index contributed by atoms with van der Waals surface area (Å²) in [6.07, 6.45) is 1.49. The van der Waals surface area contributed by atoms with E-state index in [2.05, 4.69) is 10.1 Å². The smallest absolute Gasteiger partial charge is 0.294 e. The summed E-state index contributed by atoms with van der Waals surface area (Å²) < 4.78 is 1.52. The number of nitrogens with zero attached hydrogens (tertiary/aromatic N) is 5. The average Bonchev–Trinajstić information content (AvgIpc) is 3.24. The van der Waals surface area contributed by atoms with Gasteiger partial charge in [0.25, 0.3) is 11.8 Å². The summed E-state index contributed by atoms with van der Waals surface area (Å²) in [6.45, 7) is 6.93. The molecule has 1 saturated heterocycles. The fourth-order valence-electron chi connectivity index (χ4n) is 3.84. The van der Waals surface area contributed by atoms with E-state index >= 15 is 0 Å². The van der Waals surface area contributed by atoms with Crippen LogP contribution in [0.15, 0.2) is 48.8 Å². The molecule has 2 amide bonds. The lowest BCUT2D eigenvalue weighted by atomic mass is 9.97. The maximum atomic E-state index is 13.2. The number of hydrogen-bond donors (Lipinski definition) is 0. The Hall–Kier alpha value is -2.90. The average molecular weight is 472 g/mol. The van der Waals surface area contributed by atoms with Crippen LogP contribution in [0.5, 0.6) is 0 Å². The summed E-state index contributed by atoms with van der Waals surface area (Å²) in [6, 6.07) is 12.5. The van der Waals surface area contributed by atoms with E-state index in [9.17, 15) is 9.59 Å². The Morgan fingerprint density at radius 3 is 2.50 bits per heavy atom. The Kier molecular flexibility index (Phi) is 5.97. The van der Waals surface area contributed by atoms with Crippen LogP contribution in [0.1, 0.15) is 40.4 Å². The van der Waals surface area contributed by atoms with E-state index in [1.807, 2.05) is 32.9 Å². The Morgan fingerprint density at radius 2 is 1.81 bits per heavy atom. The van der Waals surface area contributed by atoms with Gasteiger partial charge in [0.15, 0.2) is 0 Å². The molecule has 4 rings (SSSR count). The summed E-state index contributed by atoms with van der Waals surface area (Å²) in [4.78, 5) is 33.9. The van der Waals surface area contributed by atoms with E-state index in [0.29, 0.717) is 35.2 Å². The second-order valence-electron chi connectivity index (χ2n) is 8.45. The van der Waals surface area contributed by atoms with Crippen molar-refractivity contribution in [3.8, 4) is 5.69 Å². The Morgan fingerprint density at radius 1 is 1.03 bits per heavy atom. The van der Waals surface area contributed by atoms with Gasteiger partial charge in [-0.1, -0.05) is 35.3 Å². The minimum absolute atomic E-state index is 0.100. The topological polar surface area (TPSA) is 71.3 Å². The van der Waals surface area contributed by atoms with E-state index < -0.39 is 5.54 Å². The van der Waals surface area contributed by atoms with Crippen molar-refractivity contribution in [3.63, 3.8) is 0 Å². The standard InChI is InChI=1S/C23H23Cl2N5O2/c1-15-7-8-16(11-19(15)25)21(31)28-9-10-29(23(2,3)13-28)22(32)20-26-14-30(27-20)18-6-4-5-17(24)12-18/h4-8,11-12,14H,9-10,13H2,1-3H3. The highest BCUT2D eigenvalue weighted by Gasteiger charge is 2.40. The van der Waals surface area contributed by atoms with E-state index in [1.54, 1.807) is 40.1 Å². The molecular weight excluding hydrogens is 449 g/mol. The molecule has 32 heavy (non-hydrogen) atoms. The maximum Gasteiger partial charge on any atom is 0.294 e. The molecule has 2 aromatic carbocycles. The number of hydrogen-bond acceptors (Lipinski definition) is 4. The van der Waals surface area contributed by atoms with Gasteiger partial charge in [0.1, 0.15) is 6.33 Å². The SMILES string of the molecule is Cc1ccc(C(=O)N2CCN(C(=O)c3ncn(-c4cccc(Cl)c4)n3)C(C)(C)C2)cc1Cl. The number of piperazine rings is 1. The van der Waals surface area contributed by atoms with Crippen molar-refractivity contribution in [3.05, 3.63) is 75.8 Å². The van der Waals surface area contributed by atoms with Crippen LogP contribution in [0, 0.1) is 6.92 Å². The fraction of sp³-hybridized carbons (Fsp3) is 0.304. The Balaban J connectivity index is 1.50. The van der Waals surface area contributed by atoms with Crippen LogP contribution < -0.4 is 0 Å². The molecule has 0 atom stereocenters. The minimum Gasteiger partial charge on any atom is -0.335 e. The van der Waals surface area contributed by atoms with Crippen molar-refractivity contribution in [2.75, 3.05) is 19.6 Å². The van der Waals surface area contributed by atoms with Crippen molar-refractivity contribution in [2.24, 2.45) is 0 Å². The van der Waals surface area contributed by atoms with Crippen molar-refractivity contribution >= 4 is 35.0 Å². The van der Waals surface area contributed by atoms with Crippen LogP contribution in [0.2, 0.25) is 10.0 Å². The van der Waals surface area contributed by atoms with E-state index in [0.717, 1.165) is 11.3 Å². The molecule has 1 aromatic heterocycles. The normalized spacial score (nSPS) is 15.7. The molecule has 0 spiro atoms. The highest BCUT2D eigenvalue weighted by Crippen LogP contribution is 2.25. The molecule has 0 aliphatic carbocycles. The second-order valence-corrected chi connectivity index (χ2v) is 9.30. The molecule has 0 radical (unpaired) electrons. The molecule has 1 aliphatic rings. The number of halogens is 2. The first-order valence-electron chi connectivity index (χ1n) is 10.2. The lowest BCUT2D eigenvalue weighted by Gasteiger charge is -2.46. The summed E-state index contributed by atoms with van der Waals surface area (Å²) >= 11 is 12.2. The molecule has 3 aromatic rings. The largest absolute Gasteiger partial charge is 0.335 e. The molecule has 166 valence electrons. The van der Waals surface area contributed by atoms with Gasteiger partial charge in [0.05, 0.1) is 11.2 Å². The van der Waals surface area contributed by atoms with E-state index in [-0.39, 0.29) is 17.6 Å². The lowest BCUT2D eigenvalue weighted by molar-refractivity contribution is 0.0160. The van der Waals surface area contributed by atoms with Gasteiger partial charge in [-0.3, -0.25) is 9.59 Å². The van der Waals surface area contributed by atoms with Gasteiger partial charge in [0, 0.05) is 35.2 Å². The van der Waals surface area contributed by atoms with Crippen LogP contribution in [-0.2, 0) is 0 Å². The molecule has 1 aliphatic heterocycles. The van der Waals surface area contributed by atoms with Crippen molar-refractivity contribution in [1.29, 1.82) is 0 Å². The van der Waals surface area contributed by atoms with Gasteiger partial charge in [-0.15, -0.1) is 5.10 Å². The fourth-order valence-corrected chi connectivity index (χ4v) is 4.20. The third-order valence-electron chi connectivity index (χ3n) is 5.61. The first-order chi connectivity index (χ1) is 15.2. The van der Waals surface area contributed by atoms with Crippen molar-refractivity contribution < 1.29 is 9.59 Å². The third-order valence-corrected chi connectivity index (χ3v) is 6.25. The van der Waals surface area contributed by atoms with Gasteiger partial charge in [-0.25, -0.2) is 9.67 Å². The number of carbonyl (C=O) groups is 2. The highest BCUT2D eigenvalue weighted by atomic mass is 35.5. The molecule has 0 N–H and O–H groups in total. The maximum absolute atomic E-state index is 13.2. The van der Waals surface area contributed by atoms with Crippen molar-refractivity contribution in [1.82, 2.24) is 24.6 Å². The zero-order chi connectivity index (χ0) is 23.0. The first kappa shape index (κ1) is 22.3. The lowest BCUT2D eigenvalue weighted by Crippen LogP contribution is -2.62. The van der Waals surface area contributed by atoms with Gasteiger partial charge in [0.2, 0.25) is 5.82 Å². The van der Waals surface area contributed by atoms with Gasteiger partial charge < -0.3 is 9.80 Å². The zero-order valence-electron chi connectivity index (χ0n) is 18.0. The zero-order valence-corrected chi connectivity index (χ0v) is 19.6. The number of benzene rings is 2. The summed E-state index contributed by atoms with van der Waals surface area (Å²) in [5.41, 5.74) is 1.58. The van der Waals surface area contributed by atoms with Crippen LogP contribution in [0.3, 0.4) is 0 Å². The number of carbonyl (C=O) groups excluding carboxylic acids is 2. The molecule has 9 heteroatoms.